The van der Waals surface area contributed by atoms with Crippen molar-refractivity contribution in [3.63, 3.8) is 0 Å². The summed E-state index contributed by atoms with van der Waals surface area (Å²) in [5, 5.41) is 6.67. The maximum absolute atomic E-state index is 12.5. The van der Waals surface area contributed by atoms with Gasteiger partial charge in [0.25, 0.3) is 5.91 Å². The third-order valence-electron chi connectivity index (χ3n) is 4.08. The van der Waals surface area contributed by atoms with E-state index in [9.17, 15) is 4.79 Å². The van der Waals surface area contributed by atoms with E-state index in [1.54, 1.807) is 44.7 Å². The Morgan fingerprint density at radius 1 is 1.07 bits per heavy atom. The predicted molar refractivity (Wildman–Crippen MR) is 110 cm³/mol. The summed E-state index contributed by atoms with van der Waals surface area (Å²) in [5.74, 6) is 1.03. The molecule has 1 heterocycles. The van der Waals surface area contributed by atoms with Gasteiger partial charge < -0.3 is 20.1 Å². The molecule has 0 aliphatic rings. The molecule has 0 radical (unpaired) electrons. The lowest BCUT2D eigenvalue weighted by Gasteiger charge is -2.13. The van der Waals surface area contributed by atoms with Gasteiger partial charge in [0, 0.05) is 29.5 Å². The summed E-state index contributed by atoms with van der Waals surface area (Å²) >= 11 is 6.12. The van der Waals surface area contributed by atoms with Crippen LogP contribution in [0.15, 0.2) is 60.8 Å². The fraction of sp³-hybridized carbons (Fsp3) is 0.143. The van der Waals surface area contributed by atoms with Crippen molar-refractivity contribution in [2.75, 3.05) is 19.5 Å². The molecule has 2 aromatic carbocycles. The van der Waals surface area contributed by atoms with Crippen LogP contribution in [0.2, 0.25) is 5.02 Å². The Balaban J connectivity index is 1.72. The van der Waals surface area contributed by atoms with Gasteiger partial charge in [0.2, 0.25) is 0 Å². The molecule has 7 heteroatoms. The predicted octanol–water partition coefficient (Wildman–Crippen LogP) is 4.43. The molecule has 0 saturated heterocycles. The van der Waals surface area contributed by atoms with Crippen molar-refractivity contribution in [2.24, 2.45) is 0 Å². The maximum Gasteiger partial charge on any atom is 0.270 e. The number of methoxy groups -OCH3 is 2. The highest BCUT2D eigenvalue weighted by atomic mass is 35.5. The van der Waals surface area contributed by atoms with Gasteiger partial charge in [-0.1, -0.05) is 29.8 Å². The Morgan fingerprint density at radius 3 is 2.64 bits per heavy atom. The summed E-state index contributed by atoms with van der Waals surface area (Å²) in [6.07, 6.45) is 1.57. The fourth-order valence-corrected chi connectivity index (χ4v) is 2.80. The van der Waals surface area contributed by atoms with E-state index in [1.807, 2.05) is 30.3 Å². The van der Waals surface area contributed by atoms with Gasteiger partial charge in [0.05, 0.1) is 19.9 Å². The second-order valence-electron chi connectivity index (χ2n) is 5.90. The van der Waals surface area contributed by atoms with Crippen LogP contribution in [0.5, 0.6) is 11.5 Å². The van der Waals surface area contributed by atoms with E-state index in [1.165, 1.54) is 0 Å². The first kappa shape index (κ1) is 19.5. The molecule has 0 unspecified atom stereocenters. The molecule has 0 saturated carbocycles. The number of ether oxygens (including phenoxy) is 2. The number of pyridine rings is 1. The second kappa shape index (κ2) is 9.10. The van der Waals surface area contributed by atoms with Crippen LogP contribution in [0.4, 0.5) is 11.4 Å². The van der Waals surface area contributed by atoms with E-state index < -0.39 is 0 Å². The van der Waals surface area contributed by atoms with Crippen LogP contribution in [0.25, 0.3) is 0 Å². The summed E-state index contributed by atoms with van der Waals surface area (Å²) in [6.45, 7) is 0.324. The van der Waals surface area contributed by atoms with Crippen molar-refractivity contribution in [2.45, 2.75) is 6.54 Å². The Labute approximate surface area is 168 Å². The molecule has 3 aromatic rings. The van der Waals surface area contributed by atoms with E-state index in [0.717, 1.165) is 11.3 Å². The molecule has 0 aliphatic heterocycles. The summed E-state index contributed by atoms with van der Waals surface area (Å²) in [5.41, 5.74) is 2.59. The number of benzene rings is 2. The molecule has 28 heavy (non-hydrogen) atoms. The zero-order valence-corrected chi connectivity index (χ0v) is 16.3. The van der Waals surface area contributed by atoms with Gasteiger partial charge in [0.1, 0.15) is 17.2 Å². The first-order valence-corrected chi connectivity index (χ1v) is 8.95. The van der Waals surface area contributed by atoms with E-state index >= 15 is 0 Å². The molecule has 3 rings (SSSR count). The van der Waals surface area contributed by atoms with E-state index in [2.05, 4.69) is 15.6 Å². The summed E-state index contributed by atoms with van der Waals surface area (Å²) in [6, 6.07) is 16.3. The Morgan fingerprint density at radius 2 is 1.89 bits per heavy atom. The van der Waals surface area contributed by atoms with Crippen molar-refractivity contribution in [1.29, 1.82) is 0 Å². The SMILES string of the molecule is COc1ccc(Nc2ccnc(C(=O)NCc3ccccc3Cl)c2)c(OC)c1. The summed E-state index contributed by atoms with van der Waals surface area (Å²) in [4.78, 5) is 16.6. The Bertz CT molecular complexity index is 979. The smallest absolute Gasteiger partial charge is 0.270 e. The monoisotopic (exact) mass is 397 g/mol. The fourth-order valence-electron chi connectivity index (χ4n) is 2.60. The van der Waals surface area contributed by atoms with Crippen LogP contribution < -0.4 is 20.1 Å². The van der Waals surface area contributed by atoms with Crippen molar-refractivity contribution in [1.82, 2.24) is 10.3 Å². The van der Waals surface area contributed by atoms with Crippen LogP contribution in [0.3, 0.4) is 0 Å². The number of carbonyl (C=O) groups excluding carboxylic acids is 1. The Hall–Kier alpha value is -3.25. The molecular formula is C21H20ClN3O3. The lowest BCUT2D eigenvalue weighted by molar-refractivity contribution is 0.0946. The first-order valence-electron chi connectivity index (χ1n) is 8.57. The van der Waals surface area contributed by atoms with Crippen molar-refractivity contribution in [3.8, 4) is 11.5 Å². The molecule has 0 fully saturated rings. The highest BCUT2D eigenvalue weighted by Crippen LogP contribution is 2.31. The number of hydrogen-bond acceptors (Lipinski definition) is 5. The molecule has 0 bridgehead atoms. The third kappa shape index (κ3) is 4.72. The average molecular weight is 398 g/mol. The minimum Gasteiger partial charge on any atom is -0.497 e. The summed E-state index contributed by atoms with van der Waals surface area (Å²) in [7, 11) is 3.18. The second-order valence-corrected chi connectivity index (χ2v) is 6.30. The number of aromatic nitrogens is 1. The number of nitrogens with zero attached hydrogens (tertiary/aromatic N) is 1. The number of amides is 1. The van der Waals surface area contributed by atoms with Gasteiger partial charge in [-0.05, 0) is 35.9 Å². The number of hydrogen-bond donors (Lipinski definition) is 2. The normalized spacial score (nSPS) is 10.2. The van der Waals surface area contributed by atoms with Crippen molar-refractivity contribution in [3.05, 3.63) is 77.1 Å². The van der Waals surface area contributed by atoms with E-state index in [4.69, 9.17) is 21.1 Å². The number of halogens is 1. The molecule has 0 aliphatic carbocycles. The van der Waals surface area contributed by atoms with Crippen LogP contribution >= 0.6 is 11.6 Å². The molecule has 1 aromatic heterocycles. The molecule has 0 spiro atoms. The summed E-state index contributed by atoms with van der Waals surface area (Å²) < 4.78 is 10.6. The lowest BCUT2D eigenvalue weighted by Crippen LogP contribution is -2.24. The molecule has 6 nitrogen and oxygen atoms in total. The molecule has 144 valence electrons. The van der Waals surface area contributed by atoms with Crippen LogP contribution in [-0.2, 0) is 6.54 Å². The highest BCUT2D eigenvalue weighted by molar-refractivity contribution is 6.31. The average Bonchev–Trinajstić information content (AvgIpc) is 2.73. The van der Waals surface area contributed by atoms with Crippen LogP contribution in [-0.4, -0.2) is 25.1 Å². The molecule has 2 N–H and O–H groups in total. The van der Waals surface area contributed by atoms with Gasteiger partial charge in [-0.25, -0.2) is 0 Å². The zero-order valence-electron chi connectivity index (χ0n) is 15.5. The van der Waals surface area contributed by atoms with Gasteiger partial charge in [-0.2, -0.15) is 0 Å². The minimum atomic E-state index is -0.287. The topological polar surface area (TPSA) is 72.5 Å². The quantitative estimate of drug-likeness (QED) is 0.617. The molecule has 0 atom stereocenters. The van der Waals surface area contributed by atoms with Crippen LogP contribution in [0.1, 0.15) is 16.1 Å². The van der Waals surface area contributed by atoms with Crippen molar-refractivity contribution >= 4 is 28.9 Å². The maximum atomic E-state index is 12.5. The lowest BCUT2D eigenvalue weighted by atomic mass is 10.2. The van der Waals surface area contributed by atoms with Crippen molar-refractivity contribution < 1.29 is 14.3 Å². The number of rotatable bonds is 7. The van der Waals surface area contributed by atoms with Gasteiger partial charge in [-0.3, -0.25) is 9.78 Å². The van der Waals surface area contributed by atoms with E-state index in [-0.39, 0.29) is 5.91 Å². The first-order chi connectivity index (χ1) is 13.6. The molecular weight excluding hydrogens is 378 g/mol. The van der Waals surface area contributed by atoms with E-state index in [0.29, 0.717) is 34.4 Å². The van der Waals surface area contributed by atoms with Gasteiger partial charge >= 0.3 is 0 Å². The van der Waals surface area contributed by atoms with Crippen LogP contribution in [0, 0.1) is 0 Å². The third-order valence-corrected chi connectivity index (χ3v) is 4.45. The zero-order chi connectivity index (χ0) is 19.9. The highest BCUT2D eigenvalue weighted by Gasteiger charge is 2.10. The number of nitrogens with one attached hydrogen (secondary N) is 2. The number of carbonyl (C=O) groups is 1. The largest absolute Gasteiger partial charge is 0.497 e. The Kier molecular flexibility index (Phi) is 6.34. The van der Waals surface area contributed by atoms with Gasteiger partial charge in [0.15, 0.2) is 0 Å². The number of anilines is 2. The van der Waals surface area contributed by atoms with Gasteiger partial charge in [-0.15, -0.1) is 0 Å². The minimum absolute atomic E-state index is 0.287. The molecule has 1 amide bonds. The standard InChI is InChI=1S/C21H20ClN3O3/c1-27-16-7-8-18(20(12-16)28-2)25-15-9-10-23-19(11-15)21(26)24-13-14-5-3-4-6-17(14)22/h3-12H,13H2,1-2H3,(H,23,25)(H,24,26).